The highest BCUT2D eigenvalue weighted by Gasteiger charge is 2.45. The third-order valence-corrected chi connectivity index (χ3v) is 4.46. The van der Waals surface area contributed by atoms with Crippen molar-refractivity contribution in [2.24, 2.45) is 11.3 Å². The maximum Gasteiger partial charge on any atom is 0.231 e. The van der Waals surface area contributed by atoms with Gasteiger partial charge in [-0.3, -0.25) is 4.79 Å². The average molecular weight is 271 g/mol. The van der Waals surface area contributed by atoms with E-state index in [1.807, 2.05) is 18.2 Å². The monoisotopic (exact) mass is 271 g/mol. The van der Waals surface area contributed by atoms with Crippen molar-refractivity contribution in [1.29, 1.82) is 0 Å². The first kappa shape index (κ1) is 13.4. The number of ether oxygens (including phenoxy) is 1. The molecule has 0 aliphatic heterocycles. The van der Waals surface area contributed by atoms with E-state index in [0.717, 1.165) is 26.0 Å². The third-order valence-electron chi connectivity index (χ3n) is 4.46. The highest BCUT2D eigenvalue weighted by Crippen LogP contribution is 2.48. The predicted molar refractivity (Wildman–Crippen MR) is 79.1 cm³/mol. The summed E-state index contributed by atoms with van der Waals surface area (Å²) in [6.45, 7) is 3.54. The molecule has 106 valence electrons. The summed E-state index contributed by atoms with van der Waals surface area (Å²) >= 11 is 0. The van der Waals surface area contributed by atoms with Crippen molar-refractivity contribution in [1.82, 2.24) is 5.32 Å². The molecule has 3 rings (SSSR count). The molecule has 1 fully saturated rings. The molecule has 0 spiro atoms. The third kappa shape index (κ3) is 2.50. The van der Waals surface area contributed by atoms with Crippen LogP contribution in [0.1, 0.15) is 25.3 Å². The number of benzene rings is 1. The molecule has 0 aromatic heterocycles. The SMILES string of the molecule is COCC1(CNC(=O)C2C(C)=C2c2ccccc2)CC1. The van der Waals surface area contributed by atoms with E-state index < -0.39 is 0 Å². The Labute approximate surface area is 120 Å². The molecule has 3 nitrogen and oxygen atoms in total. The van der Waals surface area contributed by atoms with Crippen LogP contribution in [0.3, 0.4) is 0 Å². The molecular weight excluding hydrogens is 250 g/mol. The topological polar surface area (TPSA) is 38.3 Å². The van der Waals surface area contributed by atoms with Crippen molar-refractivity contribution in [3.63, 3.8) is 0 Å². The largest absolute Gasteiger partial charge is 0.384 e. The highest BCUT2D eigenvalue weighted by molar-refractivity contribution is 6.05. The van der Waals surface area contributed by atoms with Gasteiger partial charge in [-0.1, -0.05) is 35.9 Å². The van der Waals surface area contributed by atoms with Gasteiger partial charge in [0.25, 0.3) is 0 Å². The van der Waals surface area contributed by atoms with Gasteiger partial charge in [0, 0.05) is 19.1 Å². The van der Waals surface area contributed by atoms with Crippen LogP contribution >= 0.6 is 0 Å². The summed E-state index contributed by atoms with van der Waals surface area (Å²) in [5.41, 5.74) is 3.77. The molecule has 2 aliphatic rings. The van der Waals surface area contributed by atoms with Crippen molar-refractivity contribution >= 4 is 11.5 Å². The second-order valence-electron chi connectivity index (χ2n) is 6.05. The van der Waals surface area contributed by atoms with Crippen LogP contribution in [0, 0.1) is 11.3 Å². The van der Waals surface area contributed by atoms with Gasteiger partial charge < -0.3 is 10.1 Å². The summed E-state index contributed by atoms with van der Waals surface area (Å²) in [5.74, 6) is 0.125. The zero-order valence-electron chi connectivity index (χ0n) is 12.1. The quantitative estimate of drug-likeness (QED) is 0.863. The van der Waals surface area contributed by atoms with Crippen molar-refractivity contribution in [2.45, 2.75) is 19.8 Å². The number of hydrogen-bond donors (Lipinski definition) is 1. The lowest BCUT2D eigenvalue weighted by Gasteiger charge is -2.15. The fraction of sp³-hybridized carbons (Fsp3) is 0.471. The Morgan fingerprint density at radius 2 is 2.05 bits per heavy atom. The Morgan fingerprint density at radius 1 is 1.35 bits per heavy atom. The number of amides is 1. The van der Waals surface area contributed by atoms with Gasteiger partial charge in [-0.05, 0) is 30.9 Å². The molecule has 1 unspecified atom stereocenters. The van der Waals surface area contributed by atoms with Crippen molar-refractivity contribution in [3.05, 3.63) is 41.5 Å². The Kier molecular flexibility index (Phi) is 3.38. The van der Waals surface area contributed by atoms with Gasteiger partial charge in [-0.25, -0.2) is 0 Å². The van der Waals surface area contributed by atoms with E-state index in [0.29, 0.717) is 0 Å². The fourth-order valence-corrected chi connectivity index (χ4v) is 2.90. The highest BCUT2D eigenvalue weighted by atomic mass is 16.5. The number of rotatable bonds is 6. The Morgan fingerprint density at radius 3 is 2.65 bits per heavy atom. The Balaban J connectivity index is 1.56. The smallest absolute Gasteiger partial charge is 0.231 e. The van der Waals surface area contributed by atoms with Gasteiger partial charge in [0.05, 0.1) is 12.5 Å². The van der Waals surface area contributed by atoms with E-state index >= 15 is 0 Å². The average Bonchev–Trinajstić information content (AvgIpc) is 3.35. The lowest BCUT2D eigenvalue weighted by atomic mass is 10.1. The summed E-state index contributed by atoms with van der Waals surface area (Å²) in [5, 5.41) is 3.10. The zero-order valence-corrected chi connectivity index (χ0v) is 12.1. The molecule has 1 N–H and O–H groups in total. The van der Waals surface area contributed by atoms with Gasteiger partial charge in [0.15, 0.2) is 0 Å². The Hall–Kier alpha value is -1.61. The van der Waals surface area contributed by atoms with E-state index in [-0.39, 0.29) is 17.2 Å². The maximum absolute atomic E-state index is 12.3. The lowest BCUT2D eigenvalue weighted by Crippen LogP contribution is -2.34. The molecule has 0 bridgehead atoms. The molecule has 1 saturated carbocycles. The first-order valence-corrected chi connectivity index (χ1v) is 7.20. The summed E-state index contributed by atoms with van der Waals surface area (Å²) in [6, 6.07) is 10.2. The van der Waals surface area contributed by atoms with E-state index in [2.05, 4.69) is 24.4 Å². The molecule has 0 heterocycles. The van der Waals surface area contributed by atoms with E-state index in [4.69, 9.17) is 4.74 Å². The van der Waals surface area contributed by atoms with Crippen molar-refractivity contribution in [2.75, 3.05) is 20.3 Å². The summed E-state index contributed by atoms with van der Waals surface area (Å²) in [7, 11) is 1.72. The molecule has 20 heavy (non-hydrogen) atoms. The normalized spacial score (nSPS) is 22.6. The molecular formula is C17H21NO2. The number of hydrogen-bond acceptors (Lipinski definition) is 2. The van der Waals surface area contributed by atoms with Crippen LogP contribution in [0.15, 0.2) is 35.9 Å². The second kappa shape index (κ2) is 5.06. The minimum Gasteiger partial charge on any atom is -0.384 e. The van der Waals surface area contributed by atoms with Crippen LogP contribution in [0.5, 0.6) is 0 Å². The first-order valence-electron chi connectivity index (χ1n) is 7.20. The van der Waals surface area contributed by atoms with Gasteiger partial charge >= 0.3 is 0 Å². The number of nitrogens with one attached hydrogen (secondary N) is 1. The second-order valence-corrected chi connectivity index (χ2v) is 6.05. The minimum absolute atomic E-state index is 0.0178. The predicted octanol–water partition coefficient (Wildman–Crippen LogP) is 2.63. The standard InChI is InChI=1S/C17H21NO2/c1-12-14(13-6-4-3-5-7-13)15(12)16(19)18-10-17(8-9-17)11-20-2/h3-7,15H,8-11H2,1-2H3,(H,18,19). The van der Waals surface area contributed by atoms with Crippen LogP contribution in [0.25, 0.3) is 5.57 Å². The first-order chi connectivity index (χ1) is 9.67. The van der Waals surface area contributed by atoms with Crippen LogP contribution in [-0.2, 0) is 9.53 Å². The van der Waals surface area contributed by atoms with Crippen LogP contribution in [0.2, 0.25) is 0 Å². The molecule has 1 aromatic carbocycles. The molecule has 1 aromatic rings. The van der Waals surface area contributed by atoms with Crippen LogP contribution in [0.4, 0.5) is 0 Å². The van der Waals surface area contributed by atoms with Crippen molar-refractivity contribution in [3.8, 4) is 0 Å². The molecule has 2 aliphatic carbocycles. The van der Waals surface area contributed by atoms with E-state index in [9.17, 15) is 4.79 Å². The number of methoxy groups -OCH3 is 1. The maximum atomic E-state index is 12.3. The van der Waals surface area contributed by atoms with Gasteiger partial charge in [0.2, 0.25) is 5.91 Å². The molecule has 0 saturated heterocycles. The molecule has 1 amide bonds. The van der Waals surface area contributed by atoms with Gasteiger partial charge in [-0.15, -0.1) is 0 Å². The fourth-order valence-electron chi connectivity index (χ4n) is 2.90. The van der Waals surface area contributed by atoms with Gasteiger partial charge in [-0.2, -0.15) is 0 Å². The van der Waals surface area contributed by atoms with E-state index in [1.165, 1.54) is 16.7 Å². The zero-order chi connectivity index (χ0) is 14.2. The van der Waals surface area contributed by atoms with Crippen molar-refractivity contribution < 1.29 is 9.53 Å². The van der Waals surface area contributed by atoms with Gasteiger partial charge in [0.1, 0.15) is 0 Å². The van der Waals surface area contributed by atoms with E-state index in [1.54, 1.807) is 7.11 Å². The number of carbonyl (C=O) groups excluding carboxylic acids is 1. The molecule has 3 heteroatoms. The summed E-state index contributed by atoms with van der Waals surface area (Å²) < 4.78 is 5.23. The summed E-state index contributed by atoms with van der Waals surface area (Å²) in [6.07, 6.45) is 2.31. The Bertz CT molecular complexity index is 543. The van der Waals surface area contributed by atoms with Crippen LogP contribution in [-0.4, -0.2) is 26.2 Å². The lowest BCUT2D eigenvalue weighted by molar-refractivity contribution is -0.122. The minimum atomic E-state index is -0.0178. The number of carbonyl (C=O) groups is 1. The summed E-state index contributed by atoms with van der Waals surface area (Å²) in [4.78, 5) is 12.3. The molecule has 0 radical (unpaired) electrons. The molecule has 1 atom stereocenters. The van der Waals surface area contributed by atoms with Crippen LogP contribution < -0.4 is 5.32 Å².